The summed E-state index contributed by atoms with van der Waals surface area (Å²) in [6.07, 6.45) is 3.28. The van der Waals surface area contributed by atoms with Crippen molar-refractivity contribution in [2.75, 3.05) is 19.7 Å². The van der Waals surface area contributed by atoms with Crippen LogP contribution in [0.1, 0.15) is 55.4 Å². The first-order valence-electron chi connectivity index (χ1n) is 11.1. The maximum atomic E-state index is 13.4. The molecule has 166 valence electrons. The van der Waals surface area contributed by atoms with Gasteiger partial charge in [0.1, 0.15) is 11.5 Å². The Bertz CT molecular complexity index is 952. The molecule has 31 heavy (non-hydrogen) atoms. The Kier molecular flexibility index (Phi) is 6.13. The number of carbonyl (C=O) groups is 1. The zero-order valence-corrected chi connectivity index (χ0v) is 18.7. The molecule has 0 unspecified atom stereocenters. The van der Waals surface area contributed by atoms with Crippen LogP contribution in [0.2, 0.25) is 0 Å². The summed E-state index contributed by atoms with van der Waals surface area (Å²) in [7, 11) is 0. The van der Waals surface area contributed by atoms with Gasteiger partial charge in [0.25, 0.3) is 5.91 Å². The molecule has 1 saturated heterocycles. The van der Waals surface area contributed by atoms with Gasteiger partial charge in [0.05, 0.1) is 11.8 Å². The molecule has 0 saturated carbocycles. The number of hydrogen-bond donors (Lipinski definition) is 1. The number of carbonyl (C=O) groups excluding carboxylic acids is 1. The molecule has 1 aromatic carbocycles. The average molecular weight is 426 g/mol. The number of fused-ring (bicyclic) bond motifs is 1. The van der Waals surface area contributed by atoms with Crippen molar-refractivity contribution in [2.45, 2.75) is 52.7 Å². The molecule has 0 spiro atoms. The molecular weight excluding hydrogens is 393 g/mol. The fraction of sp³-hybridized carbons (Fsp3) is 0.520. The van der Waals surface area contributed by atoms with Gasteiger partial charge in [0.2, 0.25) is 0 Å². The molecule has 2 aliphatic rings. The van der Waals surface area contributed by atoms with Gasteiger partial charge < -0.3 is 10.5 Å². The number of primary amides is 1. The lowest BCUT2D eigenvalue weighted by Crippen LogP contribution is -2.41. The fourth-order valence-corrected chi connectivity index (χ4v) is 4.76. The van der Waals surface area contributed by atoms with Gasteiger partial charge in [-0.2, -0.15) is 0 Å². The van der Waals surface area contributed by atoms with E-state index in [1.807, 2.05) is 0 Å². The minimum Gasteiger partial charge on any atom is -0.378 e. The predicted molar refractivity (Wildman–Crippen MR) is 119 cm³/mol. The lowest BCUT2D eigenvalue weighted by molar-refractivity contribution is -0.0714. The largest absolute Gasteiger partial charge is 0.378 e. The number of pyridine rings is 1. The highest BCUT2D eigenvalue weighted by Crippen LogP contribution is 2.34. The number of nitrogens with two attached hydrogens (primary N) is 1. The maximum absolute atomic E-state index is 13.4. The smallest absolute Gasteiger partial charge is 0.267 e. The Hall–Kier alpha value is -2.31. The highest BCUT2D eigenvalue weighted by molar-refractivity contribution is 5.92. The van der Waals surface area contributed by atoms with Crippen molar-refractivity contribution >= 4 is 5.91 Å². The van der Waals surface area contributed by atoms with Crippen molar-refractivity contribution in [1.82, 2.24) is 9.88 Å². The number of aromatic nitrogens is 1. The Labute approximate surface area is 183 Å². The van der Waals surface area contributed by atoms with Crippen LogP contribution in [0.15, 0.2) is 30.3 Å². The first kappa shape index (κ1) is 21.9. The zero-order valence-electron chi connectivity index (χ0n) is 18.7. The summed E-state index contributed by atoms with van der Waals surface area (Å²) in [5.41, 5.74) is 9.83. The van der Waals surface area contributed by atoms with E-state index < -0.39 is 5.91 Å². The number of ether oxygens (including phenoxy) is 1. The first-order chi connectivity index (χ1) is 14.7. The Balaban J connectivity index is 1.56. The lowest BCUT2D eigenvalue weighted by Gasteiger charge is -2.40. The van der Waals surface area contributed by atoms with Gasteiger partial charge in [0, 0.05) is 26.2 Å². The van der Waals surface area contributed by atoms with Gasteiger partial charge in [-0.05, 0) is 65.5 Å². The molecule has 2 aliphatic heterocycles. The summed E-state index contributed by atoms with van der Waals surface area (Å²) in [5.74, 6) is -0.228. The number of halogens is 1. The summed E-state index contributed by atoms with van der Waals surface area (Å²) in [5, 5.41) is 0. The second-order valence-electron chi connectivity index (χ2n) is 9.95. The Morgan fingerprint density at radius 1 is 1.29 bits per heavy atom. The molecule has 1 amide bonds. The second-order valence-corrected chi connectivity index (χ2v) is 9.95. The third kappa shape index (κ3) is 4.96. The van der Waals surface area contributed by atoms with E-state index in [0.29, 0.717) is 12.5 Å². The molecule has 2 atom stereocenters. The topological polar surface area (TPSA) is 68.5 Å². The molecule has 1 fully saturated rings. The summed E-state index contributed by atoms with van der Waals surface area (Å²) in [4.78, 5) is 19.0. The number of nitrogens with zero attached hydrogens (tertiary/aromatic N) is 2. The van der Waals surface area contributed by atoms with Crippen LogP contribution in [0, 0.1) is 17.2 Å². The van der Waals surface area contributed by atoms with Crippen molar-refractivity contribution in [3.05, 3.63) is 53.1 Å². The van der Waals surface area contributed by atoms with Crippen molar-refractivity contribution in [2.24, 2.45) is 17.1 Å². The second kappa shape index (κ2) is 8.67. The van der Waals surface area contributed by atoms with Crippen molar-refractivity contribution < 1.29 is 13.9 Å². The molecule has 3 heterocycles. The van der Waals surface area contributed by atoms with Gasteiger partial charge in [-0.1, -0.05) is 32.9 Å². The van der Waals surface area contributed by atoms with E-state index in [2.05, 4.69) is 30.7 Å². The van der Waals surface area contributed by atoms with E-state index in [4.69, 9.17) is 10.5 Å². The third-order valence-corrected chi connectivity index (χ3v) is 6.54. The van der Waals surface area contributed by atoms with E-state index in [1.54, 1.807) is 18.2 Å². The average Bonchev–Trinajstić information content (AvgIpc) is 2.73. The van der Waals surface area contributed by atoms with Crippen LogP contribution in [0.25, 0.3) is 11.1 Å². The molecule has 2 aromatic rings. The molecular formula is C25H32FN3O2. The van der Waals surface area contributed by atoms with Gasteiger partial charge in [0.15, 0.2) is 0 Å². The van der Waals surface area contributed by atoms with Gasteiger partial charge >= 0.3 is 0 Å². The van der Waals surface area contributed by atoms with Crippen LogP contribution in [0.4, 0.5) is 4.39 Å². The quantitative estimate of drug-likeness (QED) is 0.798. The first-order valence-corrected chi connectivity index (χ1v) is 11.1. The van der Waals surface area contributed by atoms with Crippen molar-refractivity contribution in [1.29, 1.82) is 0 Å². The molecule has 4 rings (SSSR count). The number of benzene rings is 1. The summed E-state index contributed by atoms with van der Waals surface area (Å²) in [6, 6.07) is 8.13. The number of amides is 1. The highest BCUT2D eigenvalue weighted by atomic mass is 19.1. The minimum atomic E-state index is -0.541. The predicted octanol–water partition coefficient (Wildman–Crippen LogP) is 4.19. The van der Waals surface area contributed by atoms with Gasteiger partial charge in [-0.3, -0.25) is 9.69 Å². The van der Waals surface area contributed by atoms with Crippen LogP contribution < -0.4 is 5.73 Å². The standard InChI is InChI=1S/C25H32FN3O2/c1-25(2,3)23-12-16(9-11-31-23)14-29-10-8-19-20(17-4-6-18(26)7-5-17)13-21(24(27)30)28-22(19)15-29/h4-7,13,16,23H,8-12,14-15H2,1-3H3,(H2,27,30)/t16-,23+/m0/s1. The maximum Gasteiger partial charge on any atom is 0.267 e. The van der Waals surface area contributed by atoms with Crippen molar-refractivity contribution in [3.8, 4) is 11.1 Å². The van der Waals surface area contributed by atoms with Gasteiger partial charge in [-0.15, -0.1) is 0 Å². The monoisotopic (exact) mass is 425 g/mol. The molecule has 0 radical (unpaired) electrons. The summed E-state index contributed by atoms with van der Waals surface area (Å²) in [6.45, 7) is 10.2. The molecule has 1 aromatic heterocycles. The third-order valence-electron chi connectivity index (χ3n) is 6.54. The van der Waals surface area contributed by atoms with E-state index in [0.717, 1.165) is 61.3 Å². The molecule has 5 nitrogen and oxygen atoms in total. The zero-order chi connectivity index (χ0) is 22.2. The van der Waals surface area contributed by atoms with E-state index in [1.165, 1.54) is 12.1 Å². The van der Waals surface area contributed by atoms with Gasteiger partial charge in [-0.25, -0.2) is 9.37 Å². The minimum absolute atomic E-state index is 0.148. The molecule has 2 N–H and O–H groups in total. The summed E-state index contributed by atoms with van der Waals surface area (Å²) < 4.78 is 19.4. The number of hydrogen-bond acceptors (Lipinski definition) is 4. The molecule has 6 heteroatoms. The fourth-order valence-electron chi connectivity index (χ4n) is 4.76. The van der Waals surface area contributed by atoms with Crippen LogP contribution in [-0.2, 0) is 17.7 Å². The lowest BCUT2D eigenvalue weighted by atomic mass is 9.80. The SMILES string of the molecule is CC(C)(C)[C@H]1C[C@@H](CN2CCc3c(-c4ccc(F)cc4)cc(C(N)=O)nc3C2)CCO1. The van der Waals surface area contributed by atoms with E-state index in [9.17, 15) is 9.18 Å². The van der Waals surface area contributed by atoms with Crippen LogP contribution in [0.5, 0.6) is 0 Å². The molecule has 0 aliphatic carbocycles. The van der Waals surface area contributed by atoms with Crippen molar-refractivity contribution in [3.63, 3.8) is 0 Å². The van der Waals surface area contributed by atoms with E-state index >= 15 is 0 Å². The Morgan fingerprint density at radius 3 is 2.71 bits per heavy atom. The van der Waals surface area contributed by atoms with Crippen LogP contribution in [-0.4, -0.2) is 41.6 Å². The Morgan fingerprint density at radius 2 is 2.03 bits per heavy atom. The molecule has 0 bridgehead atoms. The highest BCUT2D eigenvalue weighted by Gasteiger charge is 2.33. The van der Waals surface area contributed by atoms with E-state index in [-0.39, 0.29) is 23.0 Å². The van der Waals surface area contributed by atoms with Crippen LogP contribution in [0.3, 0.4) is 0 Å². The number of rotatable bonds is 4. The van der Waals surface area contributed by atoms with Crippen LogP contribution >= 0.6 is 0 Å². The normalized spacial score (nSPS) is 22.2. The summed E-state index contributed by atoms with van der Waals surface area (Å²) >= 11 is 0.